The van der Waals surface area contributed by atoms with Gasteiger partial charge in [-0.2, -0.15) is 0 Å². The van der Waals surface area contributed by atoms with Crippen LogP contribution in [0.15, 0.2) is 18.3 Å². The van der Waals surface area contributed by atoms with Crippen LogP contribution in [0.4, 0.5) is 38.0 Å². The molecule has 1 amide bonds. The Balaban J connectivity index is 1.97. The molecule has 1 aromatic carbocycles. The fourth-order valence-corrected chi connectivity index (χ4v) is 7.92. The predicted molar refractivity (Wildman–Crippen MR) is 114 cm³/mol. The number of carbonyl (C=O) groups is 1. The summed E-state index contributed by atoms with van der Waals surface area (Å²) < 4.78 is 78.9. The third-order valence-electron chi connectivity index (χ3n) is 5.40. The number of hydrogen-bond donors (Lipinski definition) is 1. The molecule has 0 spiro atoms. The molecule has 0 atom stereocenters. The quantitative estimate of drug-likeness (QED) is 0.417. The molecule has 12 heteroatoms. The van der Waals surface area contributed by atoms with Crippen molar-refractivity contribution in [2.24, 2.45) is 0 Å². The van der Waals surface area contributed by atoms with Crippen molar-refractivity contribution in [3.63, 3.8) is 0 Å². The summed E-state index contributed by atoms with van der Waals surface area (Å²) in [7, 11) is 0. The molecule has 0 unspecified atom stereocenters. The Morgan fingerprint density at radius 3 is 2.33 bits per heavy atom. The number of fused-ring (bicyclic) bond motifs is 1. The van der Waals surface area contributed by atoms with Crippen molar-refractivity contribution in [2.45, 2.75) is 53.5 Å². The van der Waals surface area contributed by atoms with E-state index in [0.717, 1.165) is 22.2 Å². The summed E-state index contributed by atoms with van der Waals surface area (Å²) in [6, 6.07) is 3.48. The Morgan fingerprint density at radius 1 is 1.12 bits per heavy atom. The SMILES string of the molecule is CCc1cc2c(cc1Nc1ncc(C(F)(F)F)[c]([Sn]([CH3])([CH3])[CH3])n1)CN(C(=O)C(F)(F)F)CC2. The number of amides is 1. The van der Waals surface area contributed by atoms with Crippen molar-refractivity contribution >= 4 is 39.6 Å². The maximum absolute atomic E-state index is 13.5. The third-order valence-corrected chi connectivity index (χ3v) is 10.5. The molecule has 3 rings (SSSR count). The average Bonchev–Trinajstić information content (AvgIpc) is 2.70. The maximum atomic E-state index is 13.5. The van der Waals surface area contributed by atoms with E-state index >= 15 is 0 Å². The number of nitrogens with one attached hydrogen (secondary N) is 1. The van der Waals surface area contributed by atoms with Crippen LogP contribution in [0.2, 0.25) is 14.8 Å². The second-order valence-corrected chi connectivity index (χ2v) is 23.1. The molecule has 0 aliphatic carbocycles. The van der Waals surface area contributed by atoms with E-state index in [1.165, 1.54) is 0 Å². The zero-order valence-electron chi connectivity index (χ0n) is 18.6. The van der Waals surface area contributed by atoms with E-state index in [1.807, 2.05) is 27.8 Å². The molecular formula is C21H24F6N4OSn. The van der Waals surface area contributed by atoms with Crippen LogP contribution in [-0.2, 0) is 30.4 Å². The van der Waals surface area contributed by atoms with Crippen LogP contribution in [-0.4, -0.2) is 51.9 Å². The van der Waals surface area contributed by atoms with Gasteiger partial charge in [0.05, 0.1) is 0 Å². The summed E-state index contributed by atoms with van der Waals surface area (Å²) >= 11 is -3.29. The Hall–Kier alpha value is -2.05. The summed E-state index contributed by atoms with van der Waals surface area (Å²) in [5.41, 5.74) is 1.86. The first kappa shape index (κ1) is 25.6. The van der Waals surface area contributed by atoms with Gasteiger partial charge in [0.2, 0.25) is 0 Å². The number of nitrogens with zero attached hydrogens (tertiary/aromatic N) is 3. The van der Waals surface area contributed by atoms with Gasteiger partial charge in [-0.1, -0.05) is 0 Å². The van der Waals surface area contributed by atoms with Crippen molar-refractivity contribution < 1.29 is 31.1 Å². The van der Waals surface area contributed by atoms with Crippen LogP contribution in [0, 0.1) is 0 Å². The monoisotopic (exact) mass is 582 g/mol. The fraction of sp³-hybridized carbons (Fsp3) is 0.476. The molecule has 180 valence electrons. The molecule has 0 bridgehead atoms. The second-order valence-electron chi connectivity index (χ2n) is 8.93. The van der Waals surface area contributed by atoms with E-state index in [2.05, 4.69) is 15.3 Å². The van der Waals surface area contributed by atoms with E-state index in [1.54, 1.807) is 6.07 Å². The molecule has 0 fully saturated rings. The molecular weight excluding hydrogens is 557 g/mol. The number of anilines is 2. The standard InChI is InChI=1S/C18H15F6N4O.3CH3.Sn/c1-2-10-5-11-3-4-28(15(29)18(22,23)24)9-12(11)6-14(10)27-16-25-7-13(8-26-16)17(19,20)21;;;;/h5-7H,2-4,9H2,1H3,(H,25,26,27);3*1H3;. The summed E-state index contributed by atoms with van der Waals surface area (Å²) in [5, 5.41) is 2.96. The van der Waals surface area contributed by atoms with Gasteiger partial charge in [0.1, 0.15) is 0 Å². The first-order valence-electron chi connectivity index (χ1n) is 10.3. The fourth-order valence-electron chi connectivity index (χ4n) is 3.76. The van der Waals surface area contributed by atoms with Crippen LogP contribution < -0.4 is 9.03 Å². The molecule has 33 heavy (non-hydrogen) atoms. The zero-order valence-corrected chi connectivity index (χ0v) is 21.4. The van der Waals surface area contributed by atoms with Gasteiger partial charge in [-0.05, 0) is 0 Å². The number of hydrogen-bond acceptors (Lipinski definition) is 4. The number of alkyl halides is 6. The molecule has 2 aromatic rings. The van der Waals surface area contributed by atoms with E-state index in [4.69, 9.17) is 0 Å². The molecule has 1 N–H and O–H groups in total. The Labute approximate surface area is 191 Å². The van der Waals surface area contributed by atoms with Crippen molar-refractivity contribution in [1.82, 2.24) is 14.9 Å². The number of carbonyl (C=O) groups excluding carboxylic acids is 1. The van der Waals surface area contributed by atoms with Crippen LogP contribution in [0.5, 0.6) is 0 Å². The van der Waals surface area contributed by atoms with E-state index in [0.29, 0.717) is 17.7 Å². The molecule has 5 nitrogen and oxygen atoms in total. The first-order valence-corrected chi connectivity index (χ1v) is 20.3. The van der Waals surface area contributed by atoms with Crippen molar-refractivity contribution in [2.75, 3.05) is 11.9 Å². The second kappa shape index (κ2) is 8.95. The summed E-state index contributed by atoms with van der Waals surface area (Å²) in [6.45, 7) is 1.65. The molecule has 2 heterocycles. The molecule has 0 saturated heterocycles. The van der Waals surface area contributed by atoms with Gasteiger partial charge >= 0.3 is 192 Å². The first-order chi connectivity index (χ1) is 15.1. The Morgan fingerprint density at radius 2 is 1.79 bits per heavy atom. The normalized spacial score (nSPS) is 14.8. The predicted octanol–water partition coefficient (Wildman–Crippen LogP) is 4.79. The third kappa shape index (κ3) is 5.72. The molecule has 1 aliphatic heterocycles. The van der Waals surface area contributed by atoms with Crippen LogP contribution in [0.3, 0.4) is 0 Å². The topological polar surface area (TPSA) is 58.1 Å². The van der Waals surface area contributed by atoms with Gasteiger partial charge in [0.25, 0.3) is 0 Å². The number of benzene rings is 1. The van der Waals surface area contributed by atoms with Crippen LogP contribution in [0.25, 0.3) is 0 Å². The zero-order chi connectivity index (χ0) is 24.8. The van der Waals surface area contributed by atoms with Crippen molar-refractivity contribution in [3.8, 4) is 0 Å². The number of rotatable bonds is 4. The number of aryl methyl sites for hydroxylation is 1. The van der Waals surface area contributed by atoms with Crippen LogP contribution >= 0.6 is 0 Å². The minimum atomic E-state index is -4.95. The molecule has 1 aliphatic rings. The van der Waals surface area contributed by atoms with E-state index in [9.17, 15) is 31.1 Å². The van der Waals surface area contributed by atoms with Crippen molar-refractivity contribution in [1.29, 1.82) is 0 Å². The van der Waals surface area contributed by atoms with Gasteiger partial charge in [0, 0.05) is 0 Å². The molecule has 0 radical (unpaired) electrons. The Kier molecular flexibility index (Phi) is 6.94. The molecule has 1 aromatic heterocycles. The summed E-state index contributed by atoms with van der Waals surface area (Å²) in [4.78, 5) is 25.9. The summed E-state index contributed by atoms with van der Waals surface area (Å²) in [6.07, 6.45) is -7.88. The minimum absolute atomic E-state index is 0.00157. The average molecular weight is 581 g/mol. The molecule has 0 saturated carbocycles. The van der Waals surface area contributed by atoms with E-state index < -0.39 is 42.2 Å². The van der Waals surface area contributed by atoms with Gasteiger partial charge in [-0.3, -0.25) is 0 Å². The van der Waals surface area contributed by atoms with Gasteiger partial charge in [0.15, 0.2) is 0 Å². The van der Waals surface area contributed by atoms with Crippen molar-refractivity contribution in [3.05, 3.63) is 40.6 Å². The number of aromatic nitrogens is 2. The number of halogens is 6. The Bertz CT molecular complexity index is 1060. The summed E-state index contributed by atoms with van der Waals surface area (Å²) in [5.74, 6) is -1.89. The van der Waals surface area contributed by atoms with Gasteiger partial charge in [-0.15, -0.1) is 0 Å². The van der Waals surface area contributed by atoms with Crippen LogP contribution in [0.1, 0.15) is 29.2 Å². The van der Waals surface area contributed by atoms with Gasteiger partial charge < -0.3 is 0 Å². The van der Waals surface area contributed by atoms with Gasteiger partial charge in [-0.25, -0.2) is 0 Å². The van der Waals surface area contributed by atoms with E-state index in [-0.39, 0.29) is 29.2 Å².